The van der Waals surface area contributed by atoms with Gasteiger partial charge >= 0.3 is 5.97 Å². The minimum atomic E-state index is -0.356. The first-order valence-corrected chi connectivity index (χ1v) is 18.1. The van der Waals surface area contributed by atoms with E-state index in [0.29, 0.717) is 0 Å². The number of rotatable bonds is 2. The van der Waals surface area contributed by atoms with E-state index < -0.39 is 0 Å². The van der Waals surface area contributed by atoms with Crippen LogP contribution in [0.25, 0.3) is 0 Å². The topological polar surface area (TPSA) is 63.6 Å². The molecule has 0 bridgehead atoms. The number of ether oxygens (including phenoxy) is 1. The molecule has 1 N–H and O–H groups in total. The summed E-state index contributed by atoms with van der Waals surface area (Å²) in [7, 11) is 2.35. The molecule has 0 aliphatic heterocycles. The first kappa shape index (κ1) is 39.2. The fraction of sp³-hybridized carbons (Fsp3) is 0.750. The van der Waals surface area contributed by atoms with Crippen LogP contribution in [0, 0.1) is 0 Å². The van der Waals surface area contributed by atoms with Crippen molar-refractivity contribution in [3.63, 3.8) is 0 Å². The highest BCUT2D eigenvalue weighted by Gasteiger charge is 1.89. The summed E-state index contributed by atoms with van der Waals surface area (Å²) in [5, 5.41) is 7.17. The van der Waals surface area contributed by atoms with Gasteiger partial charge in [-0.1, -0.05) is 99.6 Å². The van der Waals surface area contributed by atoms with Gasteiger partial charge in [-0.25, -0.2) is 0 Å². The summed E-state index contributed by atoms with van der Waals surface area (Å²) in [6, 6.07) is 0. The van der Waals surface area contributed by atoms with Crippen LogP contribution in [-0.2, 0) is 14.3 Å². The summed E-state index contributed by atoms with van der Waals surface area (Å²) in [6.07, 6.45) is 0. The molecule has 0 unspecified atom stereocenters. The zero-order valence-electron chi connectivity index (χ0n) is 10.8. The van der Waals surface area contributed by atoms with Crippen LogP contribution in [0.15, 0.2) is 0 Å². The second-order valence-electron chi connectivity index (χ2n) is 1.30. The summed E-state index contributed by atoms with van der Waals surface area (Å²) in [6.45, 7) is 0. The lowest BCUT2D eigenvalue weighted by Gasteiger charge is -1.86. The number of hydrogen-bond acceptors (Lipinski definition) is 4. The first-order chi connectivity index (χ1) is 9.49. The van der Waals surface area contributed by atoms with Gasteiger partial charge in [-0.05, 0) is 16.5 Å². The minimum Gasteiger partial charge on any atom is -0.468 e. The predicted octanol–water partition coefficient (Wildman–Crippen LogP) is 5.95. The number of methoxy groups -OCH3 is 1. The highest BCUT2D eigenvalue weighted by atomic mass is 128. The molecule has 0 saturated carbocycles. The van der Waals surface area contributed by atoms with Crippen molar-refractivity contribution in [3.8, 4) is 0 Å². The zero-order chi connectivity index (χ0) is 18.0. The zero-order valence-corrected chi connectivity index (χ0v) is 25.5. The van der Waals surface area contributed by atoms with Gasteiger partial charge in [-0.2, -0.15) is 0 Å². The molecule has 0 heterocycles. The second kappa shape index (κ2) is 56.8. The molecule has 0 fully saturated rings. The van der Waals surface area contributed by atoms with Gasteiger partial charge in [0.2, 0.25) is 5.24 Å². The summed E-state index contributed by atoms with van der Waals surface area (Å²) in [5.41, 5.74) is 0. The maximum absolute atomic E-state index is 9.91. The number of carbonyl (C=O) groups is 2. The number of hydrogen-bond donors (Lipinski definition) is 1. The molecule has 4 nitrogen and oxygen atoms in total. The number of halogens is 8. The highest BCUT2D eigenvalue weighted by molar-refractivity contribution is 15.0. The van der Waals surface area contributed by atoms with Crippen molar-refractivity contribution < 1.29 is 19.4 Å². The molecule has 0 saturated heterocycles. The van der Waals surface area contributed by atoms with Gasteiger partial charge in [0.25, 0.3) is 0 Å². The molecule has 0 amide bonds. The van der Waals surface area contributed by atoms with E-state index in [1.54, 1.807) is 0 Å². The molecule has 20 heavy (non-hydrogen) atoms. The van der Waals surface area contributed by atoms with Crippen LogP contribution in [0.2, 0.25) is 0 Å². The number of carbonyl (C=O) groups excluding carboxylic acids is 2. The summed E-state index contributed by atoms with van der Waals surface area (Å²) in [5.74, 6) is -0.241. The van der Waals surface area contributed by atoms with E-state index in [0.717, 1.165) is 7.11 Å². The predicted molar refractivity (Wildman–Crippen MR) is 139 cm³/mol. The van der Waals surface area contributed by atoms with Crippen LogP contribution >= 0.6 is 148 Å². The molecule has 0 aromatic carbocycles. The third kappa shape index (κ3) is 97.0. The van der Waals surface area contributed by atoms with Crippen molar-refractivity contribution in [2.75, 3.05) is 32.2 Å². The van der Waals surface area contributed by atoms with Crippen LogP contribution in [-0.4, -0.2) is 48.6 Å². The van der Waals surface area contributed by atoms with E-state index in [1.807, 2.05) is 4.93 Å². The van der Waals surface area contributed by atoms with Crippen LogP contribution < -0.4 is 0 Å². The Morgan fingerprint density at radius 2 is 1.30 bits per heavy atom. The fourth-order valence-electron chi connectivity index (χ4n) is 0.0546. The third-order valence-electron chi connectivity index (χ3n) is 0.442. The molecule has 128 valence electrons. The lowest BCUT2D eigenvalue weighted by atomic mass is 10.8. The van der Waals surface area contributed by atoms with Crippen molar-refractivity contribution in [1.29, 1.82) is 0 Å². The largest absolute Gasteiger partial charge is 0.468 e. The van der Waals surface area contributed by atoms with Gasteiger partial charge in [0.05, 0.1) is 14.9 Å². The van der Waals surface area contributed by atoms with Crippen molar-refractivity contribution in [3.05, 3.63) is 0 Å². The van der Waals surface area contributed by atoms with Crippen LogP contribution in [0.1, 0.15) is 0 Å². The van der Waals surface area contributed by atoms with Crippen LogP contribution in [0.5, 0.6) is 0 Å². The Hall–Kier alpha value is 4.00. The third-order valence-corrected chi connectivity index (χ3v) is 1.87. The number of esters is 1. The van der Waals surface area contributed by atoms with E-state index in [1.165, 1.54) is 9.54 Å². The SMILES string of the molecule is CI.CO.COC(=O)CBr.ICI.II.O=C(Cl)CBr. The Balaban J connectivity index is -0.0000000318. The Bertz CT molecular complexity index is 155. The quantitative estimate of drug-likeness (QED) is 0.161. The Morgan fingerprint density at radius 3 is 1.30 bits per heavy atom. The Kier molecular flexibility index (Phi) is 111. The van der Waals surface area contributed by atoms with E-state index in [-0.39, 0.29) is 21.9 Å². The molecular formula is C8H16Br2ClI5O4. The van der Waals surface area contributed by atoms with Crippen molar-refractivity contribution >= 4 is 160 Å². The molecule has 0 aromatic heterocycles. The fourth-order valence-corrected chi connectivity index (χ4v) is 0.283. The lowest BCUT2D eigenvalue weighted by Crippen LogP contribution is -1.99. The average molecular weight is 1010 g/mol. The van der Waals surface area contributed by atoms with E-state index in [9.17, 15) is 9.59 Å². The Labute approximate surface area is 207 Å². The van der Waals surface area contributed by atoms with E-state index in [4.69, 9.17) is 16.7 Å². The normalized spacial score (nSPS) is 6.00. The van der Waals surface area contributed by atoms with Gasteiger partial charge in [0.15, 0.2) is 0 Å². The summed E-state index contributed by atoms with van der Waals surface area (Å²) in [4.78, 5) is 21.4. The standard InChI is InChI=1S/C3H5BrO2.C2H2BrClO.CH2I2.CH3I.CH4O.I2/c1-6-3(5)2-4;3-1-2(4)5;2-1-3;3*1-2/h2H2,1H3;1H2;1H2;1H3;2H,1H3;. The molecule has 0 atom stereocenters. The number of aliphatic hydroxyl groups excluding tert-OH is 1. The molecule has 12 heteroatoms. The van der Waals surface area contributed by atoms with Crippen LogP contribution in [0.4, 0.5) is 0 Å². The smallest absolute Gasteiger partial charge is 0.316 e. The molecule has 0 aliphatic rings. The van der Waals surface area contributed by atoms with Gasteiger partial charge < -0.3 is 9.84 Å². The van der Waals surface area contributed by atoms with E-state index >= 15 is 0 Å². The number of alkyl halides is 5. The monoisotopic (exact) mass is 1000 g/mol. The van der Waals surface area contributed by atoms with Gasteiger partial charge in [-0.15, -0.1) is 0 Å². The molecule has 0 radical (unpaired) electrons. The summed E-state index contributed by atoms with van der Waals surface area (Å²) >= 11 is 21.4. The molecule has 0 spiro atoms. The van der Waals surface area contributed by atoms with Gasteiger partial charge in [0, 0.05) is 44.3 Å². The second-order valence-corrected chi connectivity index (χ2v) is 7.29. The average Bonchev–Trinajstić information content (AvgIpc) is 2.53. The van der Waals surface area contributed by atoms with Crippen LogP contribution in [0.3, 0.4) is 0 Å². The van der Waals surface area contributed by atoms with Gasteiger partial charge in [0.1, 0.15) is 5.33 Å². The Morgan fingerprint density at radius 1 is 1.10 bits per heavy atom. The van der Waals surface area contributed by atoms with Crippen molar-refractivity contribution in [2.24, 2.45) is 0 Å². The number of aliphatic hydroxyl groups is 1. The first-order valence-electron chi connectivity index (χ1n) is 3.95. The lowest BCUT2D eigenvalue weighted by molar-refractivity contribution is -0.137. The molecule has 0 aliphatic carbocycles. The molecule has 0 rings (SSSR count). The maximum atomic E-state index is 9.91. The highest BCUT2D eigenvalue weighted by Crippen LogP contribution is 1.89. The van der Waals surface area contributed by atoms with Crippen molar-refractivity contribution in [1.82, 2.24) is 0 Å². The maximum Gasteiger partial charge on any atom is 0.316 e. The summed E-state index contributed by atoms with van der Waals surface area (Å²) < 4.78 is 5.40. The minimum absolute atomic E-state index is 0.241. The van der Waals surface area contributed by atoms with Gasteiger partial charge in [-0.3, -0.25) is 9.59 Å². The molecular weight excluding hydrogens is 990 g/mol. The van der Waals surface area contributed by atoms with Crippen molar-refractivity contribution in [2.45, 2.75) is 0 Å². The van der Waals surface area contributed by atoms with E-state index in [2.05, 4.69) is 142 Å². The molecule has 0 aromatic rings.